The molecule has 0 radical (unpaired) electrons. The molecule has 0 spiro atoms. The highest BCUT2D eigenvalue weighted by Gasteiger charge is 2.25. The monoisotopic (exact) mass is 529 g/mol. The summed E-state index contributed by atoms with van der Waals surface area (Å²) >= 11 is 0. The second-order valence-electron chi connectivity index (χ2n) is 6.79. The summed E-state index contributed by atoms with van der Waals surface area (Å²) in [4.78, 5) is 10.4. The summed E-state index contributed by atoms with van der Waals surface area (Å²) in [6, 6.07) is 11.1. The van der Waals surface area contributed by atoms with Crippen LogP contribution in [0.3, 0.4) is 0 Å². The molecule has 0 amide bonds. The van der Waals surface area contributed by atoms with Crippen LogP contribution in [0.1, 0.15) is 12.0 Å². The summed E-state index contributed by atoms with van der Waals surface area (Å²) in [6.45, 7) is 3.15. The van der Waals surface area contributed by atoms with E-state index in [0.717, 1.165) is 24.3 Å². The predicted molar refractivity (Wildman–Crippen MR) is 127 cm³/mol. The molecule has 1 aliphatic heterocycles. The lowest BCUT2D eigenvalue weighted by Crippen LogP contribution is -2.45. The minimum atomic E-state index is -0.288. The van der Waals surface area contributed by atoms with Gasteiger partial charge in [-0.2, -0.15) is 0 Å². The van der Waals surface area contributed by atoms with Crippen molar-refractivity contribution in [3.8, 4) is 5.75 Å². The average Bonchev–Trinajstić information content (AvgIpc) is 3.21. The van der Waals surface area contributed by atoms with Crippen LogP contribution in [0, 0.1) is 5.82 Å². The quantitative estimate of drug-likeness (QED) is 0.237. The lowest BCUT2D eigenvalue weighted by atomic mass is 10.2. The van der Waals surface area contributed by atoms with Crippen LogP contribution in [0.15, 0.2) is 47.6 Å². The molecule has 0 bridgehead atoms. The lowest BCUT2D eigenvalue weighted by Gasteiger charge is -2.20. The fourth-order valence-electron chi connectivity index (χ4n) is 3.26. The van der Waals surface area contributed by atoms with Crippen LogP contribution in [0.2, 0.25) is 0 Å². The highest BCUT2D eigenvalue weighted by Crippen LogP contribution is 2.20. The van der Waals surface area contributed by atoms with E-state index >= 15 is 0 Å². The Kier molecular flexibility index (Phi) is 10.1. The zero-order valence-corrected chi connectivity index (χ0v) is 19.6. The number of nitrogens with zero attached hydrogens (tertiary/aromatic N) is 3. The SMILES string of the molecule is CN=C(NCCOCc1cccc(OC)c1)NC1CCN(c2ncccc2F)C1.I. The van der Waals surface area contributed by atoms with E-state index in [0.29, 0.717) is 38.1 Å². The van der Waals surface area contributed by atoms with Crippen molar-refractivity contribution in [3.05, 3.63) is 54.0 Å². The molecule has 3 rings (SSSR count). The number of guanidine groups is 1. The van der Waals surface area contributed by atoms with Crippen LogP contribution >= 0.6 is 24.0 Å². The molecule has 1 aliphatic rings. The van der Waals surface area contributed by atoms with Crippen molar-refractivity contribution in [3.63, 3.8) is 0 Å². The summed E-state index contributed by atoms with van der Waals surface area (Å²) in [5.74, 6) is 1.66. The second kappa shape index (κ2) is 12.5. The van der Waals surface area contributed by atoms with Crippen molar-refractivity contribution in [2.45, 2.75) is 19.1 Å². The molecular weight excluding hydrogens is 500 g/mol. The number of rotatable bonds is 8. The highest BCUT2D eigenvalue weighted by molar-refractivity contribution is 14.0. The zero-order valence-electron chi connectivity index (χ0n) is 17.3. The van der Waals surface area contributed by atoms with E-state index < -0.39 is 0 Å². The summed E-state index contributed by atoms with van der Waals surface area (Å²) in [5, 5.41) is 6.64. The third kappa shape index (κ3) is 6.98. The third-order valence-corrected chi connectivity index (χ3v) is 4.73. The predicted octanol–water partition coefficient (Wildman–Crippen LogP) is 2.81. The number of nitrogens with one attached hydrogen (secondary N) is 2. The molecule has 2 N–H and O–H groups in total. The number of aromatic nitrogens is 1. The van der Waals surface area contributed by atoms with E-state index in [4.69, 9.17) is 9.47 Å². The van der Waals surface area contributed by atoms with Crippen LogP contribution in [-0.2, 0) is 11.3 Å². The van der Waals surface area contributed by atoms with Crippen molar-refractivity contribution in [2.24, 2.45) is 4.99 Å². The number of methoxy groups -OCH3 is 1. The molecule has 164 valence electrons. The summed E-state index contributed by atoms with van der Waals surface area (Å²) in [6.07, 6.45) is 2.51. The normalized spacial score (nSPS) is 16.2. The minimum Gasteiger partial charge on any atom is -0.497 e. The lowest BCUT2D eigenvalue weighted by molar-refractivity contribution is 0.125. The van der Waals surface area contributed by atoms with E-state index in [-0.39, 0.29) is 35.8 Å². The van der Waals surface area contributed by atoms with Gasteiger partial charge in [0.15, 0.2) is 17.6 Å². The Bertz CT molecular complexity index is 823. The van der Waals surface area contributed by atoms with Gasteiger partial charge in [-0.15, -0.1) is 24.0 Å². The molecule has 9 heteroatoms. The zero-order chi connectivity index (χ0) is 20.5. The van der Waals surface area contributed by atoms with Gasteiger partial charge in [-0.05, 0) is 36.2 Å². The molecule has 1 atom stereocenters. The fraction of sp³-hybridized carbons (Fsp3) is 0.429. The third-order valence-electron chi connectivity index (χ3n) is 4.73. The van der Waals surface area contributed by atoms with Gasteiger partial charge in [-0.1, -0.05) is 12.1 Å². The number of hydrogen-bond donors (Lipinski definition) is 2. The average molecular weight is 529 g/mol. The van der Waals surface area contributed by atoms with Gasteiger partial charge >= 0.3 is 0 Å². The van der Waals surface area contributed by atoms with Gasteiger partial charge < -0.3 is 25.0 Å². The second-order valence-corrected chi connectivity index (χ2v) is 6.79. The number of pyridine rings is 1. The Balaban J connectivity index is 0.00000320. The van der Waals surface area contributed by atoms with Gasteiger partial charge in [0.05, 0.1) is 20.3 Å². The molecule has 1 fully saturated rings. The number of aliphatic imine (C=N–C) groups is 1. The Labute approximate surface area is 194 Å². The molecule has 2 heterocycles. The van der Waals surface area contributed by atoms with Gasteiger partial charge in [0.2, 0.25) is 0 Å². The fourth-order valence-corrected chi connectivity index (χ4v) is 3.26. The van der Waals surface area contributed by atoms with Crippen LogP contribution in [0.5, 0.6) is 5.75 Å². The largest absolute Gasteiger partial charge is 0.497 e. The Morgan fingerprint density at radius 1 is 1.33 bits per heavy atom. The Morgan fingerprint density at radius 3 is 2.97 bits per heavy atom. The van der Waals surface area contributed by atoms with Gasteiger partial charge in [0.1, 0.15) is 5.75 Å². The van der Waals surface area contributed by atoms with Crippen molar-refractivity contribution in [2.75, 3.05) is 45.3 Å². The van der Waals surface area contributed by atoms with Crippen LogP contribution in [-0.4, -0.2) is 57.4 Å². The molecule has 2 aromatic rings. The van der Waals surface area contributed by atoms with Crippen LogP contribution in [0.25, 0.3) is 0 Å². The topological polar surface area (TPSA) is 71.0 Å². The van der Waals surface area contributed by atoms with Gasteiger partial charge in [-0.3, -0.25) is 4.99 Å². The molecule has 1 aromatic heterocycles. The molecular formula is C21H29FIN5O2. The van der Waals surface area contributed by atoms with E-state index in [1.807, 2.05) is 29.2 Å². The maximum absolute atomic E-state index is 13.9. The maximum Gasteiger partial charge on any atom is 0.191 e. The number of benzene rings is 1. The first kappa shape index (κ1) is 24.1. The van der Waals surface area contributed by atoms with Crippen molar-refractivity contribution in [1.82, 2.24) is 15.6 Å². The molecule has 0 aliphatic carbocycles. The first-order valence-corrected chi connectivity index (χ1v) is 9.73. The minimum absolute atomic E-state index is 0. The molecule has 30 heavy (non-hydrogen) atoms. The summed E-state index contributed by atoms with van der Waals surface area (Å²) < 4.78 is 24.8. The van der Waals surface area contributed by atoms with E-state index in [1.54, 1.807) is 26.4 Å². The van der Waals surface area contributed by atoms with Gasteiger partial charge in [-0.25, -0.2) is 9.37 Å². The summed E-state index contributed by atoms with van der Waals surface area (Å²) in [5.41, 5.74) is 1.07. The van der Waals surface area contributed by atoms with Crippen molar-refractivity contribution in [1.29, 1.82) is 0 Å². The molecule has 1 unspecified atom stereocenters. The van der Waals surface area contributed by atoms with Crippen molar-refractivity contribution < 1.29 is 13.9 Å². The smallest absolute Gasteiger partial charge is 0.191 e. The number of hydrogen-bond acceptors (Lipinski definition) is 5. The van der Waals surface area contributed by atoms with Gasteiger partial charge in [0.25, 0.3) is 0 Å². The number of halogens is 2. The molecule has 0 saturated carbocycles. The first-order chi connectivity index (χ1) is 14.2. The van der Waals surface area contributed by atoms with E-state index in [1.165, 1.54) is 6.07 Å². The van der Waals surface area contributed by atoms with E-state index in [2.05, 4.69) is 20.6 Å². The molecule has 1 aromatic carbocycles. The first-order valence-electron chi connectivity index (χ1n) is 9.73. The maximum atomic E-state index is 13.9. The Morgan fingerprint density at radius 2 is 2.20 bits per heavy atom. The molecule has 7 nitrogen and oxygen atoms in total. The van der Waals surface area contributed by atoms with Crippen LogP contribution < -0.4 is 20.3 Å². The highest BCUT2D eigenvalue weighted by atomic mass is 127. The van der Waals surface area contributed by atoms with Crippen LogP contribution in [0.4, 0.5) is 10.2 Å². The van der Waals surface area contributed by atoms with E-state index in [9.17, 15) is 4.39 Å². The standard InChI is InChI=1S/C21H28FN5O2.HI/c1-23-21(25-10-12-29-15-16-5-3-6-18(13-16)28-2)26-17-8-11-27(14-17)20-19(22)7-4-9-24-20;/h3-7,9,13,17H,8,10-12,14-15H2,1-2H3,(H2,23,25,26);1H. The number of ether oxygens (including phenoxy) is 2. The van der Waals surface area contributed by atoms with Gasteiger partial charge in [0, 0.05) is 38.9 Å². The number of anilines is 1. The Hall–Kier alpha value is -2.14. The van der Waals surface area contributed by atoms with Crippen molar-refractivity contribution >= 4 is 35.8 Å². The summed E-state index contributed by atoms with van der Waals surface area (Å²) in [7, 11) is 3.39. The molecule has 1 saturated heterocycles.